The van der Waals surface area contributed by atoms with E-state index in [0.717, 1.165) is 29.8 Å². The van der Waals surface area contributed by atoms with Gasteiger partial charge in [0.05, 0.1) is 20.3 Å². The lowest BCUT2D eigenvalue weighted by Gasteiger charge is -2.24. The number of fused-ring (bicyclic) bond motifs is 1. The van der Waals surface area contributed by atoms with Crippen molar-refractivity contribution in [2.45, 2.75) is 84.7 Å². The lowest BCUT2D eigenvalue weighted by Crippen LogP contribution is -2.15. The van der Waals surface area contributed by atoms with Crippen LogP contribution >= 0.6 is 0 Å². The summed E-state index contributed by atoms with van der Waals surface area (Å²) >= 11 is 0. The molecule has 2 atom stereocenters. The van der Waals surface area contributed by atoms with Crippen LogP contribution in [0.2, 0.25) is 0 Å². The van der Waals surface area contributed by atoms with Crippen LogP contribution in [0.1, 0.15) is 87.7 Å². The van der Waals surface area contributed by atoms with Crippen LogP contribution in [0.5, 0.6) is 11.5 Å². The van der Waals surface area contributed by atoms with E-state index in [1.807, 2.05) is 7.11 Å². The van der Waals surface area contributed by atoms with E-state index in [1.165, 1.54) is 73.6 Å². The molecule has 0 N–H and O–H groups in total. The van der Waals surface area contributed by atoms with Crippen molar-refractivity contribution in [2.75, 3.05) is 21.3 Å². The molecule has 3 heteroatoms. The maximum absolute atomic E-state index is 5.88. The highest BCUT2D eigenvalue weighted by atomic mass is 16.5. The minimum Gasteiger partial charge on any atom is -0.493 e. The molecule has 0 aromatic heterocycles. The molecule has 4 rings (SSSR count). The molecule has 0 aliphatic heterocycles. The van der Waals surface area contributed by atoms with Gasteiger partial charge in [0.15, 0.2) is 11.5 Å². The fraction of sp³-hybridized carbons (Fsp3) is 0.514. The van der Waals surface area contributed by atoms with Crippen LogP contribution in [0.3, 0.4) is 0 Å². The van der Waals surface area contributed by atoms with Gasteiger partial charge in [-0.05, 0) is 77.8 Å². The molecule has 0 saturated carbocycles. The maximum atomic E-state index is 5.88. The van der Waals surface area contributed by atoms with Gasteiger partial charge in [-0.2, -0.15) is 0 Å². The Labute approximate surface area is 244 Å². The van der Waals surface area contributed by atoms with E-state index >= 15 is 0 Å². The van der Waals surface area contributed by atoms with Gasteiger partial charge in [-0.1, -0.05) is 114 Å². The first-order chi connectivity index (χ1) is 19.6. The number of ether oxygens (including phenoxy) is 3. The average Bonchev–Trinajstić information content (AvgIpc) is 3.33. The molecule has 3 nitrogen and oxygen atoms in total. The third-order valence-corrected chi connectivity index (χ3v) is 8.46. The van der Waals surface area contributed by atoms with Crippen LogP contribution < -0.4 is 9.47 Å². The first-order valence-electron chi connectivity index (χ1n) is 15.4. The van der Waals surface area contributed by atoms with E-state index < -0.39 is 0 Å². The maximum Gasteiger partial charge on any atom is 0.161 e. The van der Waals surface area contributed by atoms with Gasteiger partial charge in [-0.15, -0.1) is 0 Å². The predicted molar refractivity (Wildman–Crippen MR) is 168 cm³/mol. The minimum absolute atomic E-state index is 0.181. The third-order valence-electron chi connectivity index (χ3n) is 8.46. The Morgan fingerprint density at radius 1 is 0.700 bits per heavy atom. The molecule has 40 heavy (non-hydrogen) atoms. The van der Waals surface area contributed by atoms with Gasteiger partial charge in [-0.3, -0.25) is 0 Å². The van der Waals surface area contributed by atoms with E-state index in [1.54, 1.807) is 14.2 Å². The Balaban J connectivity index is 0.000000230. The highest BCUT2D eigenvalue weighted by Crippen LogP contribution is 2.46. The van der Waals surface area contributed by atoms with Crippen LogP contribution in [0.4, 0.5) is 0 Å². The summed E-state index contributed by atoms with van der Waals surface area (Å²) in [4.78, 5) is 0. The average molecular weight is 545 g/mol. The van der Waals surface area contributed by atoms with Crippen molar-refractivity contribution in [3.63, 3.8) is 0 Å². The molecule has 2 unspecified atom stereocenters. The van der Waals surface area contributed by atoms with Crippen molar-refractivity contribution >= 4 is 0 Å². The van der Waals surface area contributed by atoms with Crippen molar-refractivity contribution < 1.29 is 14.2 Å². The molecule has 0 radical (unpaired) electrons. The van der Waals surface area contributed by atoms with Gasteiger partial charge in [0.1, 0.15) is 0 Å². The van der Waals surface area contributed by atoms with Gasteiger partial charge in [0.2, 0.25) is 0 Å². The van der Waals surface area contributed by atoms with Crippen molar-refractivity contribution in [3.05, 3.63) is 95.1 Å². The van der Waals surface area contributed by atoms with Crippen LogP contribution in [0, 0.1) is 17.8 Å². The lowest BCUT2D eigenvalue weighted by molar-refractivity contribution is 0.0508. The molecule has 3 aromatic rings. The molecule has 0 saturated heterocycles. The fourth-order valence-corrected chi connectivity index (χ4v) is 6.43. The van der Waals surface area contributed by atoms with Gasteiger partial charge in [0.25, 0.3) is 0 Å². The topological polar surface area (TPSA) is 27.7 Å². The first kappa shape index (κ1) is 31.7. The summed E-state index contributed by atoms with van der Waals surface area (Å²) < 4.78 is 16.8. The summed E-state index contributed by atoms with van der Waals surface area (Å²) in [5.41, 5.74) is 5.54. The zero-order valence-electron chi connectivity index (χ0n) is 25.8. The van der Waals surface area contributed by atoms with Gasteiger partial charge in [-0.25, -0.2) is 0 Å². The fourth-order valence-electron chi connectivity index (χ4n) is 6.43. The van der Waals surface area contributed by atoms with Gasteiger partial charge < -0.3 is 14.2 Å². The standard InChI is InChI=1S/C20H32O3.C17H20/c1-6-8-14(9-7-2)10-16-11-15-12-18(21-3)19(22-4)13-17(15)20(16)23-5;1-2-15(13-16-9-5-3-6-10-16)14-17-11-7-4-8-12-17/h12-14,16,20H,6-11H2,1-5H3;3-12,15H,2,13-14H2,1H3. The number of hydrogen-bond acceptors (Lipinski definition) is 3. The van der Waals surface area contributed by atoms with E-state index in [9.17, 15) is 0 Å². The molecular formula is C37H52O3. The summed E-state index contributed by atoms with van der Waals surface area (Å²) in [6, 6.07) is 25.8. The molecule has 218 valence electrons. The Bertz CT molecular complexity index is 1050. The van der Waals surface area contributed by atoms with Crippen molar-refractivity contribution in [2.24, 2.45) is 17.8 Å². The molecule has 1 aliphatic carbocycles. The number of benzene rings is 3. The zero-order valence-corrected chi connectivity index (χ0v) is 25.8. The predicted octanol–water partition coefficient (Wildman–Crippen LogP) is 9.67. The first-order valence-corrected chi connectivity index (χ1v) is 15.4. The Morgan fingerprint density at radius 2 is 1.23 bits per heavy atom. The second-order valence-electron chi connectivity index (χ2n) is 11.4. The summed E-state index contributed by atoms with van der Waals surface area (Å²) in [5, 5.41) is 0. The van der Waals surface area contributed by atoms with Crippen LogP contribution in [-0.2, 0) is 24.0 Å². The zero-order chi connectivity index (χ0) is 28.7. The van der Waals surface area contributed by atoms with Crippen molar-refractivity contribution in [1.82, 2.24) is 0 Å². The summed E-state index contributed by atoms with van der Waals surface area (Å²) in [5.74, 6) is 3.74. The normalized spacial score (nSPS) is 16.0. The second kappa shape index (κ2) is 17.1. The van der Waals surface area contributed by atoms with Crippen LogP contribution in [-0.4, -0.2) is 21.3 Å². The third kappa shape index (κ3) is 9.13. The molecule has 1 aliphatic rings. The SMILES string of the molecule is CCC(Cc1ccccc1)Cc1ccccc1.CCCC(CCC)CC1Cc2cc(OC)c(OC)cc2C1OC. The second-order valence-corrected chi connectivity index (χ2v) is 11.4. The van der Waals surface area contributed by atoms with E-state index in [4.69, 9.17) is 14.2 Å². The molecule has 0 bridgehead atoms. The van der Waals surface area contributed by atoms with Crippen LogP contribution in [0.15, 0.2) is 72.8 Å². The Kier molecular flexibility index (Phi) is 13.6. The number of rotatable bonds is 14. The van der Waals surface area contributed by atoms with Crippen LogP contribution in [0.25, 0.3) is 0 Å². The van der Waals surface area contributed by atoms with Crippen molar-refractivity contribution in [3.8, 4) is 11.5 Å². The molecule has 0 amide bonds. The number of hydrogen-bond donors (Lipinski definition) is 0. The van der Waals surface area contributed by atoms with Crippen molar-refractivity contribution in [1.29, 1.82) is 0 Å². The summed E-state index contributed by atoms with van der Waals surface area (Å²) in [6.45, 7) is 6.86. The van der Waals surface area contributed by atoms with E-state index in [2.05, 4.69) is 93.6 Å². The highest BCUT2D eigenvalue weighted by molar-refractivity contribution is 5.50. The quantitative estimate of drug-likeness (QED) is 0.202. The smallest absolute Gasteiger partial charge is 0.161 e. The van der Waals surface area contributed by atoms with Gasteiger partial charge in [0, 0.05) is 7.11 Å². The monoisotopic (exact) mass is 544 g/mol. The Hall–Kier alpha value is -2.78. The van der Waals surface area contributed by atoms with E-state index in [0.29, 0.717) is 5.92 Å². The summed E-state index contributed by atoms with van der Waals surface area (Å²) in [6.07, 6.45) is 11.3. The largest absolute Gasteiger partial charge is 0.493 e. The molecular weight excluding hydrogens is 492 g/mol. The molecule has 0 spiro atoms. The molecule has 0 fully saturated rings. The summed E-state index contributed by atoms with van der Waals surface area (Å²) in [7, 11) is 5.22. The van der Waals surface area contributed by atoms with E-state index in [-0.39, 0.29) is 6.10 Å². The lowest BCUT2D eigenvalue weighted by atomic mass is 9.85. The Morgan fingerprint density at radius 3 is 1.68 bits per heavy atom. The van der Waals surface area contributed by atoms with Gasteiger partial charge >= 0.3 is 0 Å². The number of methoxy groups -OCH3 is 3. The molecule has 0 heterocycles. The molecule has 3 aromatic carbocycles. The minimum atomic E-state index is 0.181. The highest BCUT2D eigenvalue weighted by Gasteiger charge is 2.35.